The second-order valence-electron chi connectivity index (χ2n) is 8.22. The van der Waals surface area contributed by atoms with Gasteiger partial charge in [0.15, 0.2) is 0 Å². The fraction of sp³-hybridized carbons (Fsp3) is 1.00. The third kappa shape index (κ3) is 4.19. The molecule has 0 heterocycles. The van der Waals surface area contributed by atoms with Crippen molar-refractivity contribution >= 4 is 0 Å². The van der Waals surface area contributed by atoms with Crippen molar-refractivity contribution in [1.29, 1.82) is 0 Å². The Balaban J connectivity index is 5.54. The van der Waals surface area contributed by atoms with Crippen LogP contribution in [0.2, 0.25) is 0 Å². The summed E-state index contributed by atoms with van der Waals surface area (Å²) in [5.41, 5.74) is 0.608. The van der Waals surface area contributed by atoms with E-state index in [1.807, 2.05) is 0 Å². The van der Waals surface area contributed by atoms with Gasteiger partial charge in [0.25, 0.3) is 0 Å². The van der Waals surface area contributed by atoms with Crippen LogP contribution in [0.4, 0.5) is 0 Å². The maximum absolute atomic E-state index is 2.57. The average Bonchev–Trinajstić information content (AvgIpc) is 2.25. The van der Waals surface area contributed by atoms with Crippen LogP contribution in [-0.2, 0) is 0 Å². The maximum Gasteiger partial charge on any atom is 0.0320 e. The first kappa shape index (κ1) is 18.9. The molecule has 0 N–H and O–H groups in total. The number of nitrogens with zero attached hydrogens (tertiary/aromatic N) is 2. The first-order chi connectivity index (χ1) is 8.32. The molecule has 1 atom stereocenters. The maximum atomic E-state index is 2.57. The summed E-state index contributed by atoms with van der Waals surface area (Å²) in [5.74, 6) is 0. The molecule has 0 amide bonds. The van der Waals surface area contributed by atoms with Gasteiger partial charge in [-0.3, -0.25) is 4.90 Å². The second kappa shape index (κ2) is 6.13. The van der Waals surface area contributed by atoms with Gasteiger partial charge < -0.3 is 4.90 Å². The minimum absolute atomic E-state index is 0.127. The van der Waals surface area contributed by atoms with Crippen LogP contribution >= 0.6 is 0 Å². The third-order valence-electron chi connectivity index (χ3n) is 5.07. The summed E-state index contributed by atoms with van der Waals surface area (Å²) in [6.07, 6.45) is 1.17. The molecule has 0 radical (unpaired) electrons. The highest BCUT2D eigenvalue weighted by molar-refractivity contribution is 5.02. The van der Waals surface area contributed by atoms with Crippen LogP contribution in [0.5, 0.6) is 0 Å². The number of likely N-dealkylation sites (N-methyl/N-ethyl adjacent to an activating group) is 2. The first-order valence-corrected chi connectivity index (χ1v) is 7.76. The van der Waals surface area contributed by atoms with Gasteiger partial charge in [-0.1, -0.05) is 34.6 Å². The van der Waals surface area contributed by atoms with E-state index in [2.05, 4.69) is 86.2 Å². The molecule has 1 unspecified atom stereocenters. The SMILES string of the molecule is CCN(C)C(C(C)(C)C)C(C)(C)N(C)C(C)(C)CC. The van der Waals surface area contributed by atoms with Crippen molar-refractivity contribution < 1.29 is 0 Å². The van der Waals surface area contributed by atoms with Gasteiger partial charge in [0.2, 0.25) is 0 Å². The molecule has 0 aliphatic rings. The molecule has 0 fully saturated rings. The van der Waals surface area contributed by atoms with Crippen LogP contribution in [0.15, 0.2) is 0 Å². The van der Waals surface area contributed by atoms with Gasteiger partial charge in [0, 0.05) is 17.1 Å². The summed E-state index contributed by atoms with van der Waals surface area (Å²) < 4.78 is 0. The number of rotatable bonds is 6. The zero-order valence-electron chi connectivity index (χ0n) is 15.4. The lowest BCUT2D eigenvalue weighted by Crippen LogP contribution is -2.65. The lowest BCUT2D eigenvalue weighted by molar-refractivity contribution is -0.0533. The van der Waals surface area contributed by atoms with E-state index in [1.165, 1.54) is 6.42 Å². The molecule has 2 nitrogen and oxygen atoms in total. The molecule has 0 aliphatic heterocycles. The van der Waals surface area contributed by atoms with E-state index in [-0.39, 0.29) is 16.5 Å². The molecular formula is C17H38N2. The largest absolute Gasteiger partial charge is 0.301 e. The van der Waals surface area contributed by atoms with E-state index in [0.29, 0.717) is 6.04 Å². The molecule has 2 heteroatoms. The van der Waals surface area contributed by atoms with Gasteiger partial charge in [0.1, 0.15) is 0 Å². The number of hydrogen-bond donors (Lipinski definition) is 0. The second-order valence-corrected chi connectivity index (χ2v) is 8.22. The van der Waals surface area contributed by atoms with Gasteiger partial charge in [-0.2, -0.15) is 0 Å². The van der Waals surface area contributed by atoms with Crippen LogP contribution in [0, 0.1) is 5.41 Å². The molecule has 0 spiro atoms. The van der Waals surface area contributed by atoms with Crippen molar-refractivity contribution in [3.05, 3.63) is 0 Å². The zero-order valence-corrected chi connectivity index (χ0v) is 15.4. The van der Waals surface area contributed by atoms with Crippen molar-refractivity contribution in [2.24, 2.45) is 5.41 Å². The van der Waals surface area contributed by atoms with Crippen LogP contribution in [0.25, 0.3) is 0 Å². The van der Waals surface area contributed by atoms with E-state index in [1.54, 1.807) is 0 Å². The predicted octanol–water partition coefficient (Wildman–Crippen LogP) is 4.25. The smallest absolute Gasteiger partial charge is 0.0320 e. The van der Waals surface area contributed by atoms with Gasteiger partial charge in [0.05, 0.1) is 0 Å². The van der Waals surface area contributed by atoms with E-state index >= 15 is 0 Å². The first-order valence-electron chi connectivity index (χ1n) is 7.76. The van der Waals surface area contributed by atoms with Crippen LogP contribution in [0.1, 0.15) is 68.7 Å². The topological polar surface area (TPSA) is 6.48 Å². The average molecular weight is 271 g/mol. The molecule has 0 aromatic heterocycles. The molecule has 0 rings (SSSR count). The summed E-state index contributed by atoms with van der Waals surface area (Å²) in [7, 11) is 4.54. The van der Waals surface area contributed by atoms with Crippen LogP contribution < -0.4 is 0 Å². The van der Waals surface area contributed by atoms with Gasteiger partial charge in [-0.05, 0) is 60.2 Å². The lowest BCUT2D eigenvalue weighted by atomic mass is 9.73. The highest BCUT2D eigenvalue weighted by Gasteiger charge is 2.45. The fourth-order valence-corrected chi connectivity index (χ4v) is 3.64. The third-order valence-corrected chi connectivity index (χ3v) is 5.07. The van der Waals surface area contributed by atoms with Crippen molar-refractivity contribution in [3.8, 4) is 0 Å². The van der Waals surface area contributed by atoms with Gasteiger partial charge >= 0.3 is 0 Å². The Hall–Kier alpha value is -0.0800. The van der Waals surface area contributed by atoms with Crippen LogP contribution in [0.3, 0.4) is 0 Å². The Bertz CT molecular complexity index is 273. The van der Waals surface area contributed by atoms with Gasteiger partial charge in [-0.25, -0.2) is 0 Å². The quantitative estimate of drug-likeness (QED) is 0.712. The highest BCUT2D eigenvalue weighted by Crippen LogP contribution is 2.38. The standard InChI is InChI=1S/C17H38N2/c1-12-16(6,7)19(11)17(8,9)14(15(3,4)5)18(10)13-2/h14H,12-13H2,1-11H3. The monoisotopic (exact) mass is 270 g/mol. The molecule has 0 saturated heterocycles. The Kier molecular flexibility index (Phi) is 6.11. The summed E-state index contributed by atoms with van der Waals surface area (Å²) in [6.45, 7) is 22.2. The minimum atomic E-state index is 0.127. The molecular weight excluding hydrogens is 232 g/mol. The lowest BCUT2D eigenvalue weighted by Gasteiger charge is -2.56. The van der Waals surface area contributed by atoms with Gasteiger partial charge in [-0.15, -0.1) is 0 Å². The number of hydrogen-bond acceptors (Lipinski definition) is 2. The summed E-state index contributed by atoms with van der Waals surface area (Å²) in [4.78, 5) is 5.07. The Labute approximate surface area is 122 Å². The van der Waals surface area contributed by atoms with E-state index < -0.39 is 0 Å². The Morgan fingerprint density at radius 3 is 1.53 bits per heavy atom. The molecule has 116 valence electrons. The summed E-state index contributed by atoms with van der Waals surface area (Å²) >= 11 is 0. The summed E-state index contributed by atoms with van der Waals surface area (Å²) in [6, 6.07) is 0.515. The Morgan fingerprint density at radius 2 is 1.26 bits per heavy atom. The van der Waals surface area contributed by atoms with Crippen molar-refractivity contribution in [2.75, 3.05) is 20.6 Å². The normalized spacial score (nSPS) is 16.3. The molecule has 0 aromatic rings. The highest BCUT2D eigenvalue weighted by atomic mass is 15.3. The molecule has 0 aromatic carbocycles. The van der Waals surface area contributed by atoms with E-state index in [4.69, 9.17) is 0 Å². The summed E-state index contributed by atoms with van der Waals surface area (Å²) in [5, 5.41) is 0. The van der Waals surface area contributed by atoms with Crippen molar-refractivity contribution in [2.45, 2.75) is 85.9 Å². The molecule has 0 saturated carbocycles. The van der Waals surface area contributed by atoms with Crippen LogP contribution in [-0.4, -0.2) is 47.6 Å². The molecule has 0 aliphatic carbocycles. The van der Waals surface area contributed by atoms with E-state index in [9.17, 15) is 0 Å². The Morgan fingerprint density at radius 1 is 0.842 bits per heavy atom. The van der Waals surface area contributed by atoms with Crippen molar-refractivity contribution in [3.63, 3.8) is 0 Å². The fourth-order valence-electron chi connectivity index (χ4n) is 3.64. The molecule has 0 bridgehead atoms. The van der Waals surface area contributed by atoms with Crippen molar-refractivity contribution in [1.82, 2.24) is 9.80 Å². The molecule has 19 heavy (non-hydrogen) atoms. The minimum Gasteiger partial charge on any atom is -0.301 e. The van der Waals surface area contributed by atoms with E-state index in [0.717, 1.165) is 6.54 Å². The predicted molar refractivity (Wildman–Crippen MR) is 87.8 cm³/mol. The zero-order chi connectivity index (χ0) is 15.6.